The van der Waals surface area contributed by atoms with Gasteiger partial charge in [-0.2, -0.15) is 0 Å². The van der Waals surface area contributed by atoms with Gasteiger partial charge in [0.15, 0.2) is 0 Å². The molecule has 0 atom stereocenters. The van der Waals surface area contributed by atoms with E-state index in [1.165, 1.54) is 5.56 Å². The molecule has 0 aliphatic heterocycles. The Kier molecular flexibility index (Phi) is 4.22. The van der Waals surface area contributed by atoms with Crippen molar-refractivity contribution in [2.24, 2.45) is 12.8 Å². The number of aryl methyl sites for hydroxylation is 3. The minimum absolute atomic E-state index is 0.00314. The van der Waals surface area contributed by atoms with E-state index in [2.05, 4.69) is 12.1 Å². The maximum absolute atomic E-state index is 12.1. The van der Waals surface area contributed by atoms with Gasteiger partial charge in [0.2, 0.25) is 0 Å². The Bertz CT molecular complexity index is 610. The molecule has 102 valence electrons. The highest BCUT2D eigenvalue weighted by atomic mass is 16.1. The Balaban J connectivity index is 2.30. The van der Waals surface area contributed by atoms with E-state index in [1.807, 2.05) is 25.3 Å². The molecule has 0 aliphatic carbocycles. The number of nitrogens with zero attached hydrogens (tertiary/aromatic N) is 2. The summed E-state index contributed by atoms with van der Waals surface area (Å²) in [5.74, 6) is 0. The largest absolute Gasteiger partial charge is 0.332 e. The van der Waals surface area contributed by atoms with Gasteiger partial charge in [-0.05, 0) is 50.4 Å². The molecule has 0 bridgehead atoms. The van der Waals surface area contributed by atoms with Crippen LogP contribution in [0.25, 0.3) is 5.69 Å². The minimum atomic E-state index is -0.00314. The Morgan fingerprint density at radius 1 is 1.26 bits per heavy atom. The smallest absolute Gasteiger partial charge is 0.330 e. The lowest BCUT2D eigenvalue weighted by atomic mass is 10.1. The van der Waals surface area contributed by atoms with Crippen molar-refractivity contribution in [1.29, 1.82) is 0 Å². The molecule has 2 aromatic rings. The van der Waals surface area contributed by atoms with Crippen molar-refractivity contribution >= 4 is 0 Å². The first-order chi connectivity index (χ1) is 9.13. The number of hydrogen-bond acceptors (Lipinski definition) is 2. The van der Waals surface area contributed by atoms with Gasteiger partial charge >= 0.3 is 5.69 Å². The summed E-state index contributed by atoms with van der Waals surface area (Å²) >= 11 is 0. The van der Waals surface area contributed by atoms with Gasteiger partial charge in [0.05, 0.1) is 5.69 Å². The Labute approximate surface area is 113 Å². The van der Waals surface area contributed by atoms with E-state index in [1.54, 1.807) is 16.2 Å². The SMILES string of the molecule is Cc1cn(C)c(=O)n1-c1cccc(CCCCN)c1. The quantitative estimate of drug-likeness (QED) is 0.832. The highest BCUT2D eigenvalue weighted by Crippen LogP contribution is 2.13. The summed E-state index contributed by atoms with van der Waals surface area (Å²) in [6.45, 7) is 2.68. The van der Waals surface area contributed by atoms with Crippen LogP contribution >= 0.6 is 0 Å². The Morgan fingerprint density at radius 2 is 2.05 bits per heavy atom. The van der Waals surface area contributed by atoms with Crippen molar-refractivity contribution in [3.63, 3.8) is 0 Å². The molecule has 1 aromatic heterocycles. The number of hydrogen-bond donors (Lipinski definition) is 1. The fourth-order valence-corrected chi connectivity index (χ4v) is 2.34. The molecular weight excluding hydrogens is 238 g/mol. The van der Waals surface area contributed by atoms with Crippen LogP contribution in [0.15, 0.2) is 35.3 Å². The molecule has 19 heavy (non-hydrogen) atoms. The van der Waals surface area contributed by atoms with Crippen LogP contribution in [0, 0.1) is 6.92 Å². The van der Waals surface area contributed by atoms with Crippen molar-refractivity contribution < 1.29 is 0 Å². The van der Waals surface area contributed by atoms with Gasteiger partial charge in [0.1, 0.15) is 0 Å². The first-order valence-corrected chi connectivity index (χ1v) is 6.68. The molecule has 0 saturated heterocycles. The zero-order chi connectivity index (χ0) is 13.8. The van der Waals surface area contributed by atoms with Crippen LogP contribution in [0.4, 0.5) is 0 Å². The monoisotopic (exact) mass is 259 g/mol. The predicted molar refractivity (Wildman–Crippen MR) is 77.7 cm³/mol. The molecule has 0 spiro atoms. The van der Waals surface area contributed by atoms with Crippen molar-refractivity contribution in [2.45, 2.75) is 26.2 Å². The lowest BCUT2D eigenvalue weighted by Gasteiger charge is -2.07. The van der Waals surface area contributed by atoms with Gasteiger partial charge in [0.25, 0.3) is 0 Å². The van der Waals surface area contributed by atoms with E-state index in [-0.39, 0.29) is 5.69 Å². The van der Waals surface area contributed by atoms with E-state index < -0.39 is 0 Å². The van der Waals surface area contributed by atoms with Crippen molar-refractivity contribution in [1.82, 2.24) is 9.13 Å². The van der Waals surface area contributed by atoms with Crippen LogP contribution < -0.4 is 11.4 Å². The van der Waals surface area contributed by atoms with Crippen LogP contribution in [0.1, 0.15) is 24.1 Å². The first kappa shape index (κ1) is 13.6. The molecule has 4 nitrogen and oxygen atoms in total. The average molecular weight is 259 g/mol. The molecule has 1 aromatic carbocycles. The summed E-state index contributed by atoms with van der Waals surface area (Å²) in [6, 6.07) is 8.17. The van der Waals surface area contributed by atoms with E-state index >= 15 is 0 Å². The summed E-state index contributed by atoms with van der Waals surface area (Å²) in [6.07, 6.45) is 4.98. The zero-order valence-corrected chi connectivity index (χ0v) is 11.6. The summed E-state index contributed by atoms with van der Waals surface area (Å²) in [5.41, 5.74) is 8.64. The fraction of sp³-hybridized carbons (Fsp3) is 0.400. The topological polar surface area (TPSA) is 53.0 Å². The molecule has 1 heterocycles. The molecule has 0 amide bonds. The lowest BCUT2D eigenvalue weighted by Crippen LogP contribution is -2.21. The van der Waals surface area contributed by atoms with E-state index in [4.69, 9.17) is 5.73 Å². The number of unbranched alkanes of at least 4 members (excludes halogenated alkanes) is 1. The van der Waals surface area contributed by atoms with Gasteiger partial charge in [-0.15, -0.1) is 0 Å². The normalized spacial score (nSPS) is 10.9. The molecule has 2 N–H and O–H groups in total. The predicted octanol–water partition coefficient (Wildman–Crippen LogP) is 1.77. The second-order valence-corrected chi connectivity index (χ2v) is 4.92. The van der Waals surface area contributed by atoms with Gasteiger partial charge in [0, 0.05) is 18.9 Å². The number of nitrogens with two attached hydrogens (primary N) is 1. The van der Waals surface area contributed by atoms with E-state index in [0.29, 0.717) is 0 Å². The number of imidazole rings is 1. The van der Waals surface area contributed by atoms with Crippen LogP contribution in [-0.4, -0.2) is 15.7 Å². The first-order valence-electron chi connectivity index (χ1n) is 6.68. The summed E-state index contributed by atoms with van der Waals surface area (Å²) in [7, 11) is 1.77. The highest BCUT2D eigenvalue weighted by molar-refractivity contribution is 5.37. The summed E-state index contributed by atoms with van der Waals surface area (Å²) in [4.78, 5) is 12.1. The third-order valence-corrected chi connectivity index (χ3v) is 3.31. The van der Waals surface area contributed by atoms with Crippen molar-refractivity contribution in [2.75, 3.05) is 6.54 Å². The van der Waals surface area contributed by atoms with Gasteiger partial charge in [-0.25, -0.2) is 4.79 Å². The lowest BCUT2D eigenvalue weighted by molar-refractivity contribution is 0.743. The fourth-order valence-electron chi connectivity index (χ4n) is 2.34. The second-order valence-electron chi connectivity index (χ2n) is 4.92. The molecule has 0 unspecified atom stereocenters. The molecule has 4 heteroatoms. The molecular formula is C15H21N3O. The summed E-state index contributed by atoms with van der Waals surface area (Å²) in [5, 5.41) is 0. The van der Waals surface area contributed by atoms with Gasteiger partial charge in [-0.1, -0.05) is 12.1 Å². The Hall–Kier alpha value is -1.81. The minimum Gasteiger partial charge on any atom is -0.330 e. The molecule has 0 radical (unpaired) electrons. The molecule has 2 rings (SSSR count). The molecule has 0 saturated carbocycles. The number of aromatic nitrogens is 2. The number of benzene rings is 1. The van der Waals surface area contributed by atoms with Crippen molar-refractivity contribution in [3.8, 4) is 5.69 Å². The third-order valence-electron chi connectivity index (χ3n) is 3.31. The van der Waals surface area contributed by atoms with Gasteiger partial charge in [-0.3, -0.25) is 4.57 Å². The standard InChI is InChI=1S/C15H21N3O/c1-12-11-17(2)15(19)18(12)14-8-5-7-13(10-14)6-3-4-9-16/h5,7-8,10-11H,3-4,6,9,16H2,1-2H3. The van der Waals surface area contributed by atoms with E-state index in [9.17, 15) is 4.79 Å². The maximum atomic E-state index is 12.1. The number of rotatable bonds is 5. The van der Waals surface area contributed by atoms with Crippen molar-refractivity contribution in [3.05, 3.63) is 52.2 Å². The van der Waals surface area contributed by atoms with Gasteiger partial charge < -0.3 is 10.3 Å². The zero-order valence-electron chi connectivity index (χ0n) is 11.6. The van der Waals surface area contributed by atoms with Crippen LogP contribution in [0.3, 0.4) is 0 Å². The molecule has 0 aliphatic rings. The second kappa shape index (κ2) is 5.89. The highest BCUT2D eigenvalue weighted by Gasteiger charge is 2.07. The molecule has 0 fully saturated rings. The third kappa shape index (κ3) is 2.96. The van der Waals surface area contributed by atoms with Crippen LogP contribution in [-0.2, 0) is 13.5 Å². The average Bonchev–Trinajstić information content (AvgIpc) is 2.64. The Morgan fingerprint density at radius 3 is 2.68 bits per heavy atom. The summed E-state index contributed by atoms with van der Waals surface area (Å²) < 4.78 is 3.35. The van der Waals surface area contributed by atoms with Crippen LogP contribution in [0.2, 0.25) is 0 Å². The maximum Gasteiger partial charge on any atom is 0.332 e. The van der Waals surface area contributed by atoms with Crippen LogP contribution in [0.5, 0.6) is 0 Å². The van der Waals surface area contributed by atoms with E-state index in [0.717, 1.165) is 37.2 Å².